The second kappa shape index (κ2) is 6.37. The molecule has 0 bridgehead atoms. The van der Waals surface area contributed by atoms with Crippen LogP contribution in [0.5, 0.6) is 0 Å². The van der Waals surface area contributed by atoms with Gasteiger partial charge in [0.15, 0.2) is 0 Å². The van der Waals surface area contributed by atoms with Crippen molar-refractivity contribution in [3.8, 4) is 0 Å². The Labute approximate surface area is 110 Å². The van der Waals surface area contributed by atoms with Crippen LogP contribution in [0.25, 0.3) is 0 Å². The number of benzene rings is 1. The lowest BCUT2D eigenvalue weighted by molar-refractivity contribution is -0.140. The van der Waals surface area contributed by atoms with Crippen molar-refractivity contribution in [2.24, 2.45) is 5.92 Å². The Balaban J connectivity index is 2.95. The Hall–Kier alpha value is -1.10. The molecule has 0 saturated carbocycles. The first-order valence-corrected chi connectivity index (χ1v) is 6.31. The molecule has 0 heterocycles. The lowest BCUT2D eigenvalue weighted by Crippen LogP contribution is -2.13. The smallest absolute Gasteiger partial charge is 0.388 e. The van der Waals surface area contributed by atoms with Crippen molar-refractivity contribution in [3.63, 3.8) is 0 Å². The third-order valence-electron chi connectivity index (χ3n) is 3.10. The first-order valence-electron chi connectivity index (χ1n) is 6.31. The average Bonchev–Trinajstić information content (AvgIpc) is 2.27. The monoisotopic (exact) mass is 278 g/mol. The van der Waals surface area contributed by atoms with E-state index in [-0.39, 0.29) is 17.9 Å². The molecule has 1 N–H and O–H groups in total. The first kappa shape index (κ1) is 16.0. The highest BCUT2D eigenvalue weighted by atomic mass is 19.4. The van der Waals surface area contributed by atoms with E-state index in [2.05, 4.69) is 0 Å². The summed E-state index contributed by atoms with van der Waals surface area (Å²) in [4.78, 5) is 0. The zero-order valence-electron chi connectivity index (χ0n) is 11.0. The summed E-state index contributed by atoms with van der Waals surface area (Å²) in [5.74, 6) is -1.24. The van der Waals surface area contributed by atoms with Crippen LogP contribution in [0.1, 0.15) is 50.3 Å². The van der Waals surface area contributed by atoms with E-state index in [0.717, 1.165) is 18.9 Å². The number of aliphatic hydroxyl groups is 1. The summed E-state index contributed by atoms with van der Waals surface area (Å²) in [6, 6.07) is 3.00. The van der Waals surface area contributed by atoms with Crippen molar-refractivity contribution >= 4 is 0 Å². The maximum atomic E-state index is 13.8. The van der Waals surface area contributed by atoms with Crippen molar-refractivity contribution in [2.45, 2.75) is 45.4 Å². The van der Waals surface area contributed by atoms with Gasteiger partial charge in [0.2, 0.25) is 0 Å². The SMILES string of the molecule is CCCC(C)CC(O)c1cccc(C(F)(F)F)c1F. The first-order chi connectivity index (χ1) is 8.77. The zero-order chi connectivity index (χ0) is 14.6. The van der Waals surface area contributed by atoms with Crippen LogP contribution in [0.4, 0.5) is 17.6 Å². The van der Waals surface area contributed by atoms with E-state index in [4.69, 9.17) is 0 Å². The van der Waals surface area contributed by atoms with E-state index in [9.17, 15) is 22.7 Å². The molecule has 0 aromatic heterocycles. The molecule has 0 spiro atoms. The molecular formula is C14H18F4O. The maximum absolute atomic E-state index is 13.8. The second-order valence-corrected chi connectivity index (χ2v) is 4.85. The van der Waals surface area contributed by atoms with Crippen LogP contribution in [0, 0.1) is 11.7 Å². The van der Waals surface area contributed by atoms with Gasteiger partial charge in [-0.1, -0.05) is 38.8 Å². The van der Waals surface area contributed by atoms with E-state index < -0.39 is 23.7 Å². The van der Waals surface area contributed by atoms with Gasteiger partial charge in [-0.05, 0) is 18.4 Å². The summed E-state index contributed by atoms with van der Waals surface area (Å²) in [5, 5.41) is 9.88. The summed E-state index contributed by atoms with van der Waals surface area (Å²) in [6.45, 7) is 3.87. The minimum absolute atomic E-state index is 0.133. The molecule has 0 fully saturated rings. The summed E-state index contributed by atoms with van der Waals surface area (Å²) in [6.07, 6.45) is -3.93. The standard InChI is InChI=1S/C14H18F4O/c1-3-5-9(2)8-12(19)10-6-4-7-11(13(10)15)14(16,17)18/h4,6-7,9,12,19H,3,5,8H2,1-2H3. The molecule has 1 nitrogen and oxygen atoms in total. The second-order valence-electron chi connectivity index (χ2n) is 4.85. The molecule has 1 aromatic carbocycles. The molecule has 1 aromatic rings. The van der Waals surface area contributed by atoms with Crippen molar-refractivity contribution < 1.29 is 22.7 Å². The highest BCUT2D eigenvalue weighted by Gasteiger charge is 2.35. The van der Waals surface area contributed by atoms with Gasteiger partial charge in [0.05, 0.1) is 11.7 Å². The summed E-state index contributed by atoms with van der Waals surface area (Å²) in [7, 11) is 0. The minimum Gasteiger partial charge on any atom is -0.388 e. The number of halogens is 4. The molecule has 0 amide bonds. The van der Waals surface area contributed by atoms with Crippen LogP contribution in [-0.4, -0.2) is 5.11 Å². The van der Waals surface area contributed by atoms with E-state index in [1.807, 2.05) is 13.8 Å². The van der Waals surface area contributed by atoms with Gasteiger partial charge in [-0.15, -0.1) is 0 Å². The number of rotatable bonds is 5. The fourth-order valence-corrected chi connectivity index (χ4v) is 2.14. The molecule has 0 saturated heterocycles. The minimum atomic E-state index is -4.74. The predicted octanol–water partition coefficient (Wildman–Crippen LogP) is 4.70. The average molecular weight is 278 g/mol. The van der Waals surface area contributed by atoms with Gasteiger partial charge in [-0.25, -0.2) is 4.39 Å². The van der Waals surface area contributed by atoms with Crippen molar-refractivity contribution in [2.75, 3.05) is 0 Å². The van der Waals surface area contributed by atoms with E-state index in [1.165, 1.54) is 6.07 Å². The molecule has 0 aliphatic heterocycles. The Morgan fingerprint density at radius 3 is 2.42 bits per heavy atom. The molecule has 5 heteroatoms. The third kappa shape index (κ3) is 4.20. The van der Waals surface area contributed by atoms with Crippen LogP contribution in [0.15, 0.2) is 18.2 Å². The Bertz CT molecular complexity index is 414. The fourth-order valence-electron chi connectivity index (χ4n) is 2.14. The van der Waals surface area contributed by atoms with Crippen LogP contribution in [0.2, 0.25) is 0 Å². The van der Waals surface area contributed by atoms with E-state index in [0.29, 0.717) is 6.07 Å². The van der Waals surface area contributed by atoms with Gasteiger partial charge < -0.3 is 5.11 Å². The quantitative estimate of drug-likeness (QED) is 0.774. The molecule has 0 aliphatic carbocycles. The lowest BCUT2D eigenvalue weighted by Gasteiger charge is -2.18. The Morgan fingerprint density at radius 2 is 1.89 bits per heavy atom. The van der Waals surface area contributed by atoms with E-state index >= 15 is 0 Å². The molecule has 108 valence electrons. The molecule has 2 atom stereocenters. The highest BCUT2D eigenvalue weighted by molar-refractivity contribution is 5.29. The van der Waals surface area contributed by atoms with Gasteiger partial charge in [-0.3, -0.25) is 0 Å². The van der Waals surface area contributed by atoms with Crippen molar-refractivity contribution in [3.05, 3.63) is 35.1 Å². The molecule has 1 rings (SSSR count). The van der Waals surface area contributed by atoms with Crippen molar-refractivity contribution in [1.29, 1.82) is 0 Å². The van der Waals surface area contributed by atoms with Crippen molar-refractivity contribution in [1.82, 2.24) is 0 Å². The maximum Gasteiger partial charge on any atom is 0.419 e. The van der Waals surface area contributed by atoms with Gasteiger partial charge in [0.1, 0.15) is 5.82 Å². The summed E-state index contributed by atoms with van der Waals surface area (Å²) >= 11 is 0. The summed E-state index contributed by atoms with van der Waals surface area (Å²) < 4.78 is 51.4. The largest absolute Gasteiger partial charge is 0.419 e. The topological polar surface area (TPSA) is 20.2 Å². The molecule has 0 radical (unpaired) electrons. The number of hydrogen-bond acceptors (Lipinski definition) is 1. The van der Waals surface area contributed by atoms with Crippen LogP contribution in [-0.2, 0) is 6.18 Å². The van der Waals surface area contributed by atoms with Gasteiger partial charge in [0, 0.05) is 5.56 Å². The van der Waals surface area contributed by atoms with Crippen LogP contribution in [0.3, 0.4) is 0 Å². The molecule has 0 aliphatic rings. The molecule has 2 unspecified atom stereocenters. The van der Waals surface area contributed by atoms with E-state index in [1.54, 1.807) is 0 Å². The predicted molar refractivity (Wildman–Crippen MR) is 65.1 cm³/mol. The number of hydrogen-bond donors (Lipinski definition) is 1. The Morgan fingerprint density at radius 1 is 1.26 bits per heavy atom. The number of aliphatic hydroxyl groups excluding tert-OH is 1. The fraction of sp³-hybridized carbons (Fsp3) is 0.571. The summed E-state index contributed by atoms with van der Waals surface area (Å²) in [5.41, 5.74) is -1.61. The van der Waals surface area contributed by atoms with Gasteiger partial charge in [0.25, 0.3) is 0 Å². The van der Waals surface area contributed by atoms with Gasteiger partial charge in [-0.2, -0.15) is 13.2 Å². The molecular weight excluding hydrogens is 260 g/mol. The lowest BCUT2D eigenvalue weighted by atomic mass is 9.93. The third-order valence-corrected chi connectivity index (χ3v) is 3.10. The molecule has 19 heavy (non-hydrogen) atoms. The number of alkyl halides is 3. The highest BCUT2D eigenvalue weighted by Crippen LogP contribution is 2.35. The Kier molecular flexibility index (Phi) is 5.35. The van der Waals surface area contributed by atoms with Crippen LogP contribution < -0.4 is 0 Å². The zero-order valence-corrected chi connectivity index (χ0v) is 11.0. The van der Waals surface area contributed by atoms with Crippen LogP contribution >= 0.6 is 0 Å². The van der Waals surface area contributed by atoms with Gasteiger partial charge >= 0.3 is 6.18 Å². The normalized spacial score (nSPS) is 15.3.